The quantitative estimate of drug-likeness (QED) is 0.673. The minimum atomic E-state index is -4.32. The third-order valence-electron chi connectivity index (χ3n) is 3.39. The molecule has 2 heterocycles. The lowest BCUT2D eigenvalue weighted by Gasteiger charge is -2.16. The highest BCUT2D eigenvalue weighted by Crippen LogP contribution is 2.28. The first kappa shape index (κ1) is 20.0. The first-order chi connectivity index (χ1) is 12.1. The van der Waals surface area contributed by atoms with Crippen LogP contribution in [0, 0.1) is 6.92 Å². The SMILES string of the molecule is CCS(=O)(=O)c1cccnc1-c1cc(C)c(OCC(F)(F)C(F)F)nn1. The van der Waals surface area contributed by atoms with Gasteiger partial charge in [0.2, 0.25) is 5.88 Å². The summed E-state index contributed by atoms with van der Waals surface area (Å²) in [5, 5.41) is 7.31. The monoisotopic (exact) mass is 393 g/mol. The van der Waals surface area contributed by atoms with Crippen LogP contribution in [0.1, 0.15) is 12.5 Å². The maximum Gasteiger partial charge on any atom is 0.340 e. The van der Waals surface area contributed by atoms with Crippen LogP contribution in [-0.2, 0) is 9.84 Å². The summed E-state index contributed by atoms with van der Waals surface area (Å²) in [6.07, 6.45) is -2.50. The Morgan fingerprint density at radius 1 is 1.27 bits per heavy atom. The number of hydrogen-bond donors (Lipinski definition) is 0. The molecule has 26 heavy (non-hydrogen) atoms. The Morgan fingerprint density at radius 3 is 2.54 bits per heavy atom. The van der Waals surface area contributed by atoms with Gasteiger partial charge in [0, 0.05) is 11.8 Å². The molecular weight excluding hydrogens is 378 g/mol. The van der Waals surface area contributed by atoms with Gasteiger partial charge in [-0.1, -0.05) is 6.92 Å². The molecule has 0 amide bonds. The predicted octanol–water partition coefficient (Wildman–Crippen LogP) is 2.92. The number of halogens is 4. The van der Waals surface area contributed by atoms with Crippen LogP contribution in [-0.4, -0.2) is 48.3 Å². The van der Waals surface area contributed by atoms with Gasteiger partial charge in [0.1, 0.15) is 11.4 Å². The van der Waals surface area contributed by atoms with Crippen molar-refractivity contribution in [3.05, 3.63) is 30.0 Å². The number of aromatic nitrogens is 3. The van der Waals surface area contributed by atoms with E-state index in [1.165, 1.54) is 38.2 Å². The van der Waals surface area contributed by atoms with Crippen molar-refractivity contribution in [1.82, 2.24) is 15.2 Å². The van der Waals surface area contributed by atoms with Crippen molar-refractivity contribution in [2.24, 2.45) is 0 Å². The standard InChI is InChI=1S/C15H15F4N3O3S/c1-3-26(23,24)11-5-4-6-20-12(11)10-7-9(2)13(22-21-10)25-8-15(18,19)14(16)17/h4-7,14H,3,8H2,1-2H3. The molecule has 0 aromatic carbocycles. The number of ether oxygens (including phenoxy) is 1. The minimum absolute atomic E-state index is 0.0471. The minimum Gasteiger partial charge on any atom is -0.470 e. The summed E-state index contributed by atoms with van der Waals surface area (Å²) in [6, 6.07) is 4.15. The Kier molecular flexibility index (Phi) is 5.79. The fourth-order valence-corrected chi connectivity index (χ4v) is 3.00. The number of sulfone groups is 1. The van der Waals surface area contributed by atoms with Gasteiger partial charge in [-0.25, -0.2) is 17.2 Å². The second kappa shape index (κ2) is 7.52. The molecule has 11 heteroatoms. The van der Waals surface area contributed by atoms with Crippen molar-refractivity contribution >= 4 is 9.84 Å². The molecule has 2 aromatic rings. The zero-order valence-electron chi connectivity index (χ0n) is 13.8. The summed E-state index contributed by atoms with van der Waals surface area (Å²) in [4.78, 5) is 3.95. The molecule has 0 unspecified atom stereocenters. The number of nitrogens with zero attached hydrogens (tertiary/aromatic N) is 3. The van der Waals surface area contributed by atoms with Crippen LogP contribution in [0.5, 0.6) is 5.88 Å². The third-order valence-corrected chi connectivity index (χ3v) is 5.15. The molecule has 0 radical (unpaired) electrons. The van der Waals surface area contributed by atoms with E-state index in [0.717, 1.165) is 0 Å². The van der Waals surface area contributed by atoms with Crippen molar-refractivity contribution in [2.45, 2.75) is 31.1 Å². The summed E-state index contributed by atoms with van der Waals surface area (Å²) in [6.45, 7) is 1.35. The normalized spacial score (nSPS) is 12.4. The Morgan fingerprint density at radius 2 is 1.96 bits per heavy atom. The third kappa shape index (κ3) is 4.26. The van der Waals surface area contributed by atoms with Crippen LogP contribution < -0.4 is 4.74 Å². The van der Waals surface area contributed by atoms with E-state index in [2.05, 4.69) is 19.9 Å². The van der Waals surface area contributed by atoms with Gasteiger partial charge in [0.25, 0.3) is 0 Å². The predicted molar refractivity (Wildman–Crippen MR) is 84.2 cm³/mol. The summed E-state index contributed by atoms with van der Waals surface area (Å²) in [5.41, 5.74) is 0.350. The van der Waals surface area contributed by atoms with E-state index in [1.54, 1.807) is 0 Å². The molecule has 0 spiro atoms. The fraction of sp³-hybridized carbons (Fsp3) is 0.400. The van der Waals surface area contributed by atoms with Gasteiger partial charge in [0.05, 0.1) is 10.6 Å². The molecule has 2 aromatic heterocycles. The average molecular weight is 393 g/mol. The number of alkyl halides is 4. The van der Waals surface area contributed by atoms with Crippen molar-refractivity contribution < 1.29 is 30.7 Å². The average Bonchev–Trinajstić information content (AvgIpc) is 2.60. The summed E-state index contributed by atoms with van der Waals surface area (Å²) in [7, 11) is -3.58. The fourth-order valence-electron chi connectivity index (χ4n) is 1.95. The van der Waals surface area contributed by atoms with Gasteiger partial charge < -0.3 is 4.74 Å². The molecule has 6 nitrogen and oxygen atoms in total. The number of rotatable bonds is 7. The smallest absolute Gasteiger partial charge is 0.340 e. The van der Waals surface area contributed by atoms with E-state index >= 15 is 0 Å². The lowest BCUT2D eigenvalue weighted by molar-refractivity contribution is -0.148. The van der Waals surface area contributed by atoms with Gasteiger partial charge in [-0.05, 0) is 25.1 Å². The highest BCUT2D eigenvalue weighted by Gasteiger charge is 2.42. The molecule has 142 valence electrons. The van der Waals surface area contributed by atoms with Crippen LogP contribution >= 0.6 is 0 Å². The Bertz CT molecular complexity index is 891. The van der Waals surface area contributed by atoms with Crippen LogP contribution in [0.4, 0.5) is 17.6 Å². The molecule has 0 bridgehead atoms. The zero-order chi connectivity index (χ0) is 19.5. The number of hydrogen-bond acceptors (Lipinski definition) is 6. The molecule has 0 atom stereocenters. The Hall–Kier alpha value is -2.30. The zero-order valence-corrected chi connectivity index (χ0v) is 14.6. The second-order valence-corrected chi connectivity index (χ2v) is 7.57. The van der Waals surface area contributed by atoms with E-state index in [-0.39, 0.29) is 33.5 Å². The molecule has 0 aliphatic carbocycles. The molecule has 0 N–H and O–H groups in total. The summed E-state index contributed by atoms with van der Waals surface area (Å²) < 4.78 is 79.1. The van der Waals surface area contributed by atoms with Crippen LogP contribution in [0.2, 0.25) is 0 Å². The molecule has 0 saturated heterocycles. The largest absolute Gasteiger partial charge is 0.470 e. The van der Waals surface area contributed by atoms with Crippen molar-refractivity contribution in [3.63, 3.8) is 0 Å². The van der Waals surface area contributed by atoms with Crippen LogP contribution in [0.15, 0.2) is 29.3 Å². The van der Waals surface area contributed by atoms with Crippen molar-refractivity contribution in [3.8, 4) is 17.3 Å². The first-order valence-electron chi connectivity index (χ1n) is 7.39. The highest BCUT2D eigenvalue weighted by atomic mass is 32.2. The number of pyridine rings is 1. The van der Waals surface area contributed by atoms with Gasteiger partial charge in [-0.2, -0.15) is 8.78 Å². The maximum atomic E-state index is 12.9. The number of aryl methyl sites for hydroxylation is 1. The summed E-state index contributed by atoms with van der Waals surface area (Å²) in [5.74, 6) is -4.83. The van der Waals surface area contributed by atoms with E-state index in [0.29, 0.717) is 0 Å². The van der Waals surface area contributed by atoms with E-state index in [4.69, 9.17) is 0 Å². The van der Waals surface area contributed by atoms with E-state index in [1.807, 2.05) is 0 Å². The summed E-state index contributed by atoms with van der Waals surface area (Å²) >= 11 is 0. The topological polar surface area (TPSA) is 82.0 Å². The second-order valence-electron chi connectivity index (χ2n) is 5.32. The van der Waals surface area contributed by atoms with Gasteiger partial charge >= 0.3 is 12.3 Å². The Balaban J connectivity index is 2.34. The van der Waals surface area contributed by atoms with Crippen LogP contribution in [0.3, 0.4) is 0 Å². The first-order valence-corrected chi connectivity index (χ1v) is 9.05. The molecule has 0 aliphatic rings. The molecule has 0 aliphatic heterocycles. The molecular formula is C15H15F4N3O3S. The van der Waals surface area contributed by atoms with Gasteiger partial charge in [-0.3, -0.25) is 4.98 Å². The van der Waals surface area contributed by atoms with Crippen LogP contribution in [0.25, 0.3) is 11.4 Å². The van der Waals surface area contributed by atoms with Crippen molar-refractivity contribution in [1.29, 1.82) is 0 Å². The highest BCUT2D eigenvalue weighted by molar-refractivity contribution is 7.91. The van der Waals surface area contributed by atoms with E-state index < -0.39 is 28.8 Å². The lowest BCUT2D eigenvalue weighted by atomic mass is 10.2. The lowest BCUT2D eigenvalue weighted by Crippen LogP contribution is -2.34. The maximum absolute atomic E-state index is 12.9. The molecule has 2 rings (SSSR count). The Labute approximate surface area is 147 Å². The molecule has 0 fully saturated rings. The van der Waals surface area contributed by atoms with Gasteiger partial charge in [-0.15, -0.1) is 10.2 Å². The molecule has 0 saturated carbocycles. The van der Waals surface area contributed by atoms with Gasteiger partial charge in [0.15, 0.2) is 16.4 Å². The van der Waals surface area contributed by atoms with Crippen molar-refractivity contribution in [2.75, 3.05) is 12.4 Å². The van der Waals surface area contributed by atoms with E-state index in [9.17, 15) is 26.0 Å².